The molecule has 0 aromatic heterocycles. The molecular weight excluding hydrogens is 306 g/mol. The predicted octanol–water partition coefficient (Wildman–Crippen LogP) is 5.12. The van der Waals surface area contributed by atoms with Crippen molar-refractivity contribution in [3.63, 3.8) is 0 Å². The summed E-state index contributed by atoms with van der Waals surface area (Å²) >= 11 is 8.96. The van der Waals surface area contributed by atoms with Gasteiger partial charge in [-0.25, -0.2) is 4.39 Å². The number of halogens is 3. The van der Waals surface area contributed by atoms with E-state index in [-0.39, 0.29) is 11.6 Å². The molecule has 0 bridgehead atoms. The molecule has 0 aliphatic rings. The van der Waals surface area contributed by atoms with Crippen molar-refractivity contribution >= 4 is 27.5 Å². The largest absolute Gasteiger partial charge is 0.453 e. The average Bonchev–Trinajstić information content (AvgIpc) is 2.34. The van der Waals surface area contributed by atoms with E-state index < -0.39 is 5.82 Å². The topological polar surface area (TPSA) is 9.23 Å². The Bertz CT molecular complexity index is 531. The second-order valence-corrected chi connectivity index (χ2v) is 4.55. The lowest BCUT2D eigenvalue weighted by atomic mass is 10.2. The lowest BCUT2D eigenvalue weighted by Crippen LogP contribution is -1.90. The first kappa shape index (κ1) is 12.4. The second-order valence-electron chi connectivity index (χ2n) is 3.43. The first-order valence-electron chi connectivity index (χ1n) is 4.97. The summed E-state index contributed by atoms with van der Waals surface area (Å²) in [6.07, 6.45) is 0. The van der Waals surface area contributed by atoms with E-state index in [0.717, 1.165) is 10.0 Å². The van der Waals surface area contributed by atoms with Crippen LogP contribution in [0.2, 0.25) is 0 Å². The predicted molar refractivity (Wildman–Crippen MR) is 70.2 cm³/mol. The van der Waals surface area contributed by atoms with Gasteiger partial charge in [0.25, 0.3) is 0 Å². The van der Waals surface area contributed by atoms with Crippen molar-refractivity contribution in [3.05, 3.63) is 58.3 Å². The Morgan fingerprint density at radius 3 is 2.53 bits per heavy atom. The number of hydrogen-bond acceptors (Lipinski definition) is 1. The summed E-state index contributed by atoms with van der Waals surface area (Å²) in [6, 6.07) is 12.0. The van der Waals surface area contributed by atoms with E-state index in [4.69, 9.17) is 16.3 Å². The minimum Gasteiger partial charge on any atom is -0.453 e. The van der Waals surface area contributed by atoms with Gasteiger partial charge in [0.05, 0.1) is 4.47 Å². The van der Waals surface area contributed by atoms with Crippen LogP contribution in [0.5, 0.6) is 11.5 Å². The molecule has 0 amide bonds. The van der Waals surface area contributed by atoms with Crippen molar-refractivity contribution in [1.29, 1.82) is 0 Å². The molecule has 0 heterocycles. The molecule has 0 aliphatic heterocycles. The number of alkyl halides is 1. The Morgan fingerprint density at radius 1 is 1.12 bits per heavy atom. The molecule has 2 aromatic carbocycles. The highest BCUT2D eigenvalue weighted by molar-refractivity contribution is 9.10. The molecule has 0 fully saturated rings. The first-order chi connectivity index (χ1) is 8.20. The van der Waals surface area contributed by atoms with Crippen molar-refractivity contribution in [1.82, 2.24) is 0 Å². The number of ether oxygens (including phenoxy) is 1. The molecule has 0 unspecified atom stereocenters. The molecule has 17 heavy (non-hydrogen) atoms. The third-order valence-corrected chi connectivity index (χ3v) is 3.17. The maximum absolute atomic E-state index is 13.7. The number of benzene rings is 2. The Balaban J connectivity index is 2.28. The quantitative estimate of drug-likeness (QED) is 0.714. The summed E-state index contributed by atoms with van der Waals surface area (Å²) in [7, 11) is 0. The zero-order chi connectivity index (χ0) is 12.3. The number of rotatable bonds is 3. The van der Waals surface area contributed by atoms with Crippen molar-refractivity contribution < 1.29 is 9.13 Å². The minimum absolute atomic E-state index is 0.186. The molecule has 0 saturated heterocycles. The summed E-state index contributed by atoms with van der Waals surface area (Å²) in [5.74, 6) is 0.626. The fraction of sp³-hybridized carbons (Fsp3) is 0.0769. The van der Waals surface area contributed by atoms with Crippen molar-refractivity contribution in [3.8, 4) is 11.5 Å². The SMILES string of the molecule is Fc1cc(CCl)ccc1Oc1ccccc1Br. The van der Waals surface area contributed by atoms with Gasteiger partial charge in [0.2, 0.25) is 0 Å². The van der Waals surface area contributed by atoms with Crippen LogP contribution >= 0.6 is 27.5 Å². The van der Waals surface area contributed by atoms with Crippen molar-refractivity contribution in [2.45, 2.75) is 5.88 Å². The summed E-state index contributed by atoms with van der Waals surface area (Å²) in [5.41, 5.74) is 0.726. The van der Waals surface area contributed by atoms with E-state index in [1.807, 2.05) is 18.2 Å². The summed E-state index contributed by atoms with van der Waals surface area (Å²) in [5, 5.41) is 0. The summed E-state index contributed by atoms with van der Waals surface area (Å²) in [6.45, 7) is 0. The summed E-state index contributed by atoms with van der Waals surface area (Å²) in [4.78, 5) is 0. The zero-order valence-electron chi connectivity index (χ0n) is 8.79. The summed E-state index contributed by atoms with van der Waals surface area (Å²) < 4.78 is 19.9. The Morgan fingerprint density at radius 2 is 1.88 bits per heavy atom. The molecule has 0 saturated carbocycles. The Labute approximate surface area is 112 Å². The van der Waals surface area contributed by atoms with E-state index in [2.05, 4.69) is 15.9 Å². The molecule has 0 spiro atoms. The highest BCUT2D eigenvalue weighted by atomic mass is 79.9. The normalized spacial score (nSPS) is 10.3. The molecule has 0 N–H and O–H groups in total. The molecule has 0 radical (unpaired) electrons. The fourth-order valence-electron chi connectivity index (χ4n) is 1.36. The molecule has 4 heteroatoms. The van der Waals surface area contributed by atoms with Gasteiger partial charge in [-0.05, 0) is 45.8 Å². The van der Waals surface area contributed by atoms with Crippen molar-refractivity contribution in [2.75, 3.05) is 0 Å². The van der Waals surface area contributed by atoms with Crippen LogP contribution in [0.15, 0.2) is 46.9 Å². The van der Waals surface area contributed by atoms with E-state index in [1.165, 1.54) is 6.07 Å². The van der Waals surface area contributed by atoms with Gasteiger partial charge in [0, 0.05) is 5.88 Å². The second kappa shape index (κ2) is 5.52. The molecule has 2 aromatic rings. The Hall–Kier alpha value is -1.06. The number of hydrogen-bond donors (Lipinski definition) is 0. The van der Waals surface area contributed by atoms with Gasteiger partial charge in [-0.15, -0.1) is 11.6 Å². The third-order valence-electron chi connectivity index (χ3n) is 2.21. The van der Waals surface area contributed by atoms with Crippen LogP contribution < -0.4 is 4.74 Å². The molecule has 0 aliphatic carbocycles. The van der Waals surface area contributed by atoms with E-state index in [9.17, 15) is 4.39 Å². The monoisotopic (exact) mass is 314 g/mol. The molecule has 0 atom stereocenters. The zero-order valence-corrected chi connectivity index (χ0v) is 11.1. The van der Waals surface area contributed by atoms with Crippen LogP contribution in [0.25, 0.3) is 0 Å². The van der Waals surface area contributed by atoms with Gasteiger partial charge >= 0.3 is 0 Å². The third kappa shape index (κ3) is 2.99. The minimum atomic E-state index is -0.418. The van der Waals surface area contributed by atoms with E-state index >= 15 is 0 Å². The standard InChI is InChI=1S/C13H9BrClFO/c14-10-3-1-2-4-12(10)17-13-6-5-9(8-15)7-11(13)16/h1-7H,8H2. The van der Waals surface area contributed by atoms with Gasteiger partial charge in [-0.1, -0.05) is 18.2 Å². The van der Waals surface area contributed by atoms with Crippen LogP contribution in [0, 0.1) is 5.82 Å². The maximum Gasteiger partial charge on any atom is 0.166 e. The highest BCUT2D eigenvalue weighted by Crippen LogP contribution is 2.31. The average molecular weight is 316 g/mol. The van der Waals surface area contributed by atoms with E-state index in [0.29, 0.717) is 5.75 Å². The van der Waals surface area contributed by atoms with Gasteiger partial charge < -0.3 is 4.74 Å². The fourth-order valence-corrected chi connectivity index (χ4v) is 1.89. The van der Waals surface area contributed by atoms with E-state index in [1.54, 1.807) is 18.2 Å². The first-order valence-corrected chi connectivity index (χ1v) is 6.30. The van der Waals surface area contributed by atoms with Crippen LogP contribution in [0.4, 0.5) is 4.39 Å². The van der Waals surface area contributed by atoms with Crippen LogP contribution in [0.1, 0.15) is 5.56 Å². The van der Waals surface area contributed by atoms with Crippen LogP contribution in [0.3, 0.4) is 0 Å². The van der Waals surface area contributed by atoms with Gasteiger partial charge in [-0.3, -0.25) is 0 Å². The van der Waals surface area contributed by atoms with Crippen molar-refractivity contribution in [2.24, 2.45) is 0 Å². The van der Waals surface area contributed by atoms with Gasteiger partial charge in [-0.2, -0.15) is 0 Å². The molecule has 88 valence electrons. The molecule has 2 rings (SSSR count). The van der Waals surface area contributed by atoms with Crippen LogP contribution in [-0.4, -0.2) is 0 Å². The number of para-hydroxylation sites is 1. The lowest BCUT2D eigenvalue weighted by molar-refractivity contribution is 0.439. The smallest absolute Gasteiger partial charge is 0.166 e. The lowest BCUT2D eigenvalue weighted by Gasteiger charge is -2.08. The van der Waals surface area contributed by atoms with Gasteiger partial charge in [0.15, 0.2) is 11.6 Å². The molecule has 1 nitrogen and oxygen atoms in total. The highest BCUT2D eigenvalue weighted by Gasteiger charge is 2.07. The maximum atomic E-state index is 13.7. The van der Waals surface area contributed by atoms with Gasteiger partial charge in [0.1, 0.15) is 5.75 Å². The Kier molecular flexibility index (Phi) is 4.02. The molecular formula is C13H9BrClFO. The van der Waals surface area contributed by atoms with Crippen LogP contribution in [-0.2, 0) is 5.88 Å².